The molecule has 30 heavy (non-hydrogen) atoms. The second kappa shape index (κ2) is 6.85. The van der Waals surface area contributed by atoms with E-state index in [9.17, 15) is 4.79 Å². The molecular formula is C24H20N4OS. The number of fused-ring (bicyclic) bond motifs is 1. The number of carbonyl (C=O) groups is 1. The number of benzene rings is 2. The molecule has 4 aromatic rings. The Kier molecular flexibility index (Phi) is 3.99. The van der Waals surface area contributed by atoms with Crippen molar-refractivity contribution in [1.29, 1.82) is 0 Å². The van der Waals surface area contributed by atoms with Crippen LogP contribution in [-0.4, -0.2) is 26.6 Å². The van der Waals surface area contributed by atoms with Crippen LogP contribution < -0.4 is 5.32 Å². The zero-order valence-electron chi connectivity index (χ0n) is 16.2. The summed E-state index contributed by atoms with van der Waals surface area (Å²) in [6.45, 7) is 0. The van der Waals surface area contributed by atoms with Gasteiger partial charge in [0.15, 0.2) is 0 Å². The third-order valence-corrected chi connectivity index (χ3v) is 6.59. The quantitative estimate of drug-likeness (QED) is 0.493. The molecule has 3 heterocycles. The maximum Gasteiger partial charge on any atom is 0.258 e. The summed E-state index contributed by atoms with van der Waals surface area (Å²) in [7, 11) is 0. The summed E-state index contributed by atoms with van der Waals surface area (Å²) in [6.07, 6.45) is 3.92. The molecule has 1 aliphatic heterocycles. The number of thiophene rings is 1. The minimum atomic E-state index is -0.241. The molecule has 6 heteroatoms. The lowest BCUT2D eigenvalue weighted by molar-refractivity contribution is 0.0667. The van der Waals surface area contributed by atoms with Gasteiger partial charge in [-0.2, -0.15) is 5.10 Å². The molecule has 0 unspecified atom stereocenters. The van der Waals surface area contributed by atoms with Gasteiger partial charge in [0.1, 0.15) is 11.9 Å². The molecule has 0 radical (unpaired) electrons. The summed E-state index contributed by atoms with van der Waals surface area (Å²) < 4.78 is 1.92. The molecule has 1 atom stereocenters. The van der Waals surface area contributed by atoms with Crippen LogP contribution in [0.3, 0.4) is 0 Å². The van der Waals surface area contributed by atoms with Gasteiger partial charge in [0, 0.05) is 23.5 Å². The standard InChI is InChI=1S/C24H20N4OS/c29-24-18-9-4-5-10-20(18)25-23(28(24)17-12-13-17)19-15-27(16-7-2-1-3-8-16)26-22(19)21-11-6-14-30-21/h1-11,14-15,17,23,25H,12-13H2/t23-/m0/s1. The predicted octanol–water partition coefficient (Wildman–Crippen LogP) is 5.33. The fourth-order valence-corrected chi connectivity index (χ4v) is 4.86. The Morgan fingerprint density at radius 3 is 2.53 bits per heavy atom. The first-order valence-corrected chi connectivity index (χ1v) is 11.0. The molecule has 6 rings (SSSR count). The zero-order chi connectivity index (χ0) is 20.1. The summed E-state index contributed by atoms with van der Waals surface area (Å²) in [5, 5.41) is 10.6. The Balaban J connectivity index is 1.52. The predicted molar refractivity (Wildman–Crippen MR) is 119 cm³/mol. The molecule has 1 fully saturated rings. The van der Waals surface area contributed by atoms with E-state index in [2.05, 4.69) is 23.0 Å². The van der Waals surface area contributed by atoms with Gasteiger partial charge in [-0.3, -0.25) is 4.79 Å². The molecule has 1 aliphatic carbocycles. The van der Waals surface area contributed by atoms with Crippen molar-refractivity contribution < 1.29 is 4.79 Å². The van der Waals surface area contributed by atoms with E-state index in [-0.39, 0.29) is 18.1 Å². The highest BCUT2D eigenvalue weighted by Gasteiger charge is 2.43. The average molecular weight is 413 g/mol. The minimum absolute atomic E-state index is 0.0986. The maximum atomic E-state index is 13.4. The van der Waals surface area contributed by atoms with Crippen molar-refractivity contribution in [3.05, 3.63) is 89.4 Å². The van der Waals surface area contributed by atoms with Gasteiger partial charge in [-0.1, -0.05) is 36.4 Å². The number of nitrogens with zero attached hydrogens (tertiary/aromatic N) is 3. The monoisotopic (exact) mass is 412 g/mol. The van der Waals surface area contributed by atoms with E-state index in [1.54, 1.807) is 11.3 Å². The molecule has 0 bridgehead atoms. The average Bonchev–Trinajstić information content (AvgIpc) is 3.29. The molecule has 0 saturated heterocycles. The highest BCUT2D eigenvalue weighted by Crippen LogP contribution is 2.43. The van der Waals surface area contributed by atoms with E-state index in [4.69, 9.17) is 5.10 Å². The van der Waals surface area contributed by atoms with Gasteiger partial charge in [0.2, 0.25) is 0 Å². The molecule has 0 spiro atoms. The first-order valence-electron chi connectivity index (χ1n) is 10.2. The number of amides is 1. The lowest BCUT2D eigenvalue weighted by atomic mass is 10.0. The second-order valence-corrected chi connectivity index (χ2v) is 8.67. The summed E-state index contributed by atoms with van der Waals surface area (Å²) in [5.74, 6) is 0.0986. The summed E-state index contributed by atoms with van der Waals surface area (Å²) >= 11 is 1.67. The van der Waals surface area contributed by atoms with Gasteiger partial charge in [0.05, 0.1) is 16.1 Å². The van der Waals surface area contributed by atoms with Gasteiger partial charge in [-0.15, -0.1) is 11.3 Å². The van der Waals surface area contributed by atoms with Crippen LogP contribution >= 0.6 is 11.3 Å². The molecule has 1 N–H and O–H groups in total. The molecule has 2 aromatic carbocycles. The Labute approximate surface area is 178 Å². The Bertz CT molecular complexity index is 1210. The number of carbonyl (C=O) groups excluding carboxylic acids is 1. The number of aromatic nitrogens is 2. The van der Waals surface area contributed by atoms with Crippen LogP contribution in [0, 0.1) is 0 Å². The van der Waals surface area contributed by atoms with Gasteiger partial charge in [-0.25, -0.2) is 4.68 Å². The SMILES string of the molecule is O=C1c2ccccc2N[C@H](c2cn(-c3ccccc3)nc2-c2cccs2)N1C1CC1. The van der Waals surface area contributed by atoms with Crippen LogP contribution in [0.2, 0.25) is 0 Å². The van der Waals surface area contributed by atoms with E-state index in [0.717, 1.165) is 45.9 Å². The van der Waals surface area contributed by atoms with Crippen LogP contribution in [-0.2, 0) is 0 Å². The lowest BCUT2D eigenvalue weighted by Crippen LogP contribution is -2.44. The van der Waals surface area contributed by atoms with E-state index in [0.29, 0.717) is 0 Å². The Morgan fingerprint density at radius 1 is 0.967 bits per heavy atom. The van der Waals surface area contributed by atoms with Gasteiger partial charge in [-0.05, 0) is 48.6 Å². The zero-order valence-corrected chi connectivity index (χ0v) is 17.0. The van der Waals surface area contributed by atoms with Gasteiger partial charge < -0.3 is 10.2 Å². The largest absolute Gasteiger partial charge is 0.361 e. The Morgan fingerprint density at radius 2 is 1.77 bits per heavy atom. The van der Waals surface area contributed by atoms with E-state index in [1.807, 2.05) is 70.2 Å². The van der Waals surface area contributed by atoms with E-state index in [1.165, 1.54) is 0 Å². The number of nitrogens with one attached hydrogen (secondary N) is 1. The summed E-state index contributed by atoms with van der Waals surface area (Å²) in [4.78, 5) is 16.5. The fourth-order valence-electron chi connectivity index (χ4n) is 4.13. The van der Waals surface area contributed by atoms with Crippen LogP contribution in [0.25, 0.3) is 16.3 Å². The van der Waals surface area contributed by atoms with Crippen LogP contribution in [0.1, 0.15) is 34.9 Å². The van der Waals surface area contributed by atoms with Crippen molar-refractivity contribution in [1.82, 2.24) is 14.7 Å². The van der Waals surface area contributed by atoms with Crippen LogP contribution in [0.5, 0.6) is 0 Å². The Hall–Kier alpha value is -3.38. The maximum absolute atomic E-state index is 13.4. The van der Waals surface area contributed by atoms with Crippen molar-refractivity contribution >= 4 is 22.9 Å². The molecule has 1 saturated carbocycles. The first kappa shape index (κ1) is 17.5. The third kappa shape index (κ3) is 2.83. The van der Waals surface area contributed by atoms with Crippen molar-refractivity contribution in [2.24, 2.45) is 0 Å². The van der Waals surface area contributed by atoms with Crippen LogP contribution in [0.4, 0.5) is 5.69 Å². The highest BCUT2D eigenvalue weighted by molar-refractivity contribution is 7.13. The second-order valence-electron chi connectivity index (χ2n) is 7.73. The van der Waals surface area contributed by atoms with Gasteiger partial charge in [0.25, 0.3) is 5.91 Å². The minimum Gasteiger partial charge on any atom is -0.361 e. The number of hydrogen-bond donors (Lipinski definition) is 1. The molecule has 5 nitrogen and oxygen atoms in total. The molecule has 2 aromatic heterocycles. The fraction of sp³-hybridized carbons (Fsp3) is 0.167. The normalized spacial score (nSPS) is 18.2. The van der Waals surface area contributed by atoms with Gasteiger partial charge >= 0.3 is 0 Å². The van der Waals surface area contributed by atoms with Crippen molar-refractivity contribution in [3.63, 3.8) is 0 Å². The van der Waals surface area contributed by atoms with Crippen molar-refractivity contribution in [2.45, 2.75) is 25.0 Å². The first-order chi connectivity index (χ1) is 14.8. The molecule has 1 amide bonds. The van der Waals surface area contributed by atoms with E-state index >= 15 is 0 Å². The number of rotatable bonds is 4. The highest BCUT2D eigenvalue weighted by atomic mass is 32.1. The van der Waals surface area contributed by atoms with Crippen LogP contribution in [0.15, 0.2) is 78.3 Å². The van der Waals surface area contributed by atoms with Crippen molar-refractivity contribution in [3.8, 4) is 16.3 Å². The number of para-hydroxylation sites is 2. The third-order valence-electron chi connectivity index (χ3n) is 5.72. The molecule has 2 aliphatic rings. The van der Waals surface area contributed by atoms with E-state index < -0.39 is 0 Å². The summed E-state index contributed by atoms with van der Waals surface area (Å²) in [6, 6.07) is 22.3. The van der Waals surface area contributed by atoms with Crippen molar-refractivity contribution in [2.75, 3.05) is 5.32 Å². The molecule has 148 valence electrons. The summed E-state index contributed by atoms with van der Waals surface area (Å²) in [5.41, 5.74) is 4.57. The molecular weight excluding hydrogens is 392 g/mol. The number of anilines is 1. The number of hydrogen-bond acceptors (Lipinski definition) is 4. The smallest absolute Gasteiger partial charge is 0.258 e. The lowest BCUT2D eigenvalue weighted by Gasteiger charge is -2.38. The topological polar surface area (TPSA) is 50.2 Å².